The Balaban J connectivity index is 2.46. The SMILES string of the molecule is Clc1nccc(-c2ccc(Cl)s2)n1. The van der Waals surface area contributed by atoms with E-state index in [9.17, 15) is 0 Å². The summed E-state index contributed by atoms with van der Waals surface area (Å²) in [6.07, 6.45) is 1.62. The molecule has 66 valence electrons. The van der Waals surface area contributed by atoms with Crippen LogP contribution in [0, 0.1) is 0 Å². The Labute approximate surface area is 89.2 Å². The maximum atomic E-state index is 5.79. The Morgan fingerprint density at radius 2 is 2.00 bits per heavy atom. The Bertz CT molecular complexity index is 428. The summed E-state index contributed by atoms with van der Waals surface area (Å²) in [5, 5.41) is 0.252. The summed E-state index contributed by atoms with van der Waals surface area (Å²) in [4.78, 5) is 8.86. The molecule has 0 aliphatic heterocycles. The third-order valence-corrected chi connectivity index (χ3v) is 2.89. The summed E-state index contributed by atoms with van der Waals surface area (Å²) in [6, 6.07) is 5.54. The highest BCUT2D eigenvalue weighted by Gasteiger charge is 2.03. The number of aromatic nitrogens is 2. The lowest BCUT2D eigenvalue weighted by molar-refractivity contribution is 1.18. The minimum atomic E-state index is 0.252. The lowest BCUT2D eigenvalue weighted by Gasteiger charge is -1.94. The molecule has 2 nitrogen and oxygen atoms in total. The molecule has 13 heavy (non-hydrogen) atoms. The second-order valence-electron chi connectivity index (χ2n) is 2.31. The van der Waals surface area contributed by atoms with Gasteiger partial charge in [-0.25, -0.2) is 9.97 Å². The normalized spacial score (nSPS) is 10.3. The van der Waals surface area contributed by atoms with Crippen molar-refractivity contribution < 1.29 is 0 Å². The molecule has 0 spiro atoms. The van der Waals surface area contributed by atoms with Crippen LogP contribution in [-0.2, 0) is 0 Å². The quantitative estimate of drug-likeness (QED) is 0.702. The molecule has 0 aliphatic rings. The third-order valence-electron chi connectivity index (χ3n) is 1.45. The molecule has 2 aromatic rings. The van der Waals surface area contributed by atoms with Crippen LogP contribution in [0.1, 0.15) is 0 Å². The molecule has 0 aromatic carbocycles. The fourth-order valence-electron chi connectivity index (χ4n) is 0.924. The molecule has 2 rings (SSSR count). The second kappa shape index (κ2) is 3.62. The summed E-state index contributed by atoms with van der Waals surface area (Å²) < 4.78 is 0.740. The van der Waals surface area contributed by atoms with Gasteiger partial charge < -0.3 is 0 Å². The topological polar surface area (TPSA) is 25.8 Å². The van der Waals surface area contributed by atoms with Gasteiger partial charge in [-0.15, -0.1) is 11.3 Å². The molecule has 0 radical (unpaired) electrons. The van der Waals surface area contributed by atoms with Gasteiger partial charge in [0.05, 0.1) is 14.9 Å². The summed E-state index contributed by atoms with van der Waals surface area (Å²) in [6.45, 7) is 0. The van der Waals surface area contributed by atoms with E-state index in [-0.39, 0.29) is 5.28 Å². The first-order valence-electron chi connectivity index (χ1n) is 3.50. The average Bonchev–Trinajstić information content (AvgIpc) is 2.52. The maximum Gasteiger partial charge on any atom is 0.222 e. The minimum absolute atomic E-state index is 0.252. The number of rotatable bonds is 1. The van der Waals surface area contributed by atoms with E-state index >= 15 is 0 Å². The van der Waals surface area contributed by atoms with Crippen LogP contribution >= 0.6 is 34.5 Å². The van der Waals surface area contributed by atoms with E-state index in [0.29, 0.717) is 0 Å². The Morgan fingerprint density at radius 1 is 1.15 bits per heavy atom. The van der Waals surface area contributed by atoms with Crippen LogP contribution in [0.2, 0.25) is 9.62 Å². The van der Waals surface area contributed by atoms with Crippen molar-refractivity contribution in [2.24, 2.45) is 0 Å². The summed E-state index contributed by atoms with van der Waals surface area (Å²) in [5.74, 6) is 0. The highest BCUT2D eigenvalue weighted by Crippen LogP contribution is 2.29. The molecule has 0 aliphatic carbocycles. The van der Waals surface area contributed by atoms with Crippen LogP contribution in [0.15, 0.2) is 24.4 Å². The van der Waals surface area contributed by atoms with Gasteiger partial charge in [0, 0.05) is 6.20 Å². The molecule has 0 saturated carbocycles. The molecule has 0 N–H and O–H groups in total. The molecule has 0 amide bonds. The number of thiophene rings is 1. The van der Waals surface area contributed by atoms with Gasteiger partial charge in [0.25, 0.3) is 0 Å². The average molecular weight is 231 g/mol. The first-order valence-corrected chi connectivity index (χ1v) is 5.07. The summed E-state index contributed by atoms with van der Waals surface area (Å²) >= 11 is 12.9. The van der Waals surface area contributed by atoms with Crippen molar-refractivity contribution >= 4 is 34.5 Å². The molecular weight excluding hydrogens is 227 g/mol. The van der Waals surface area contributed by atoms with Gasteiger partial charge in [0.2, 0.25) is 5.28 Å². The highest BCUT2D eigenvalue weighted by molar-refractivity contribution is 7.19. The van der Waals surface area contributed by atoms with E-state index in [2.05, 4.69) is 9.97 Å². The van der Waals surface area contributed by atoms with Crippen LogP contribution in [-0.4, -0.2) is 9.97 Å². The van der Waals surface area contributed by atoms with Gasteiger partial charge in [-0.2, -0.15) is 0 Å². The first kappa shape index (κ1) is 8.94. The molecule has 0 saturated heterocycles. The van der Waals surface area contributed by atoms with E-state index in [1.54, 1.807) is 12.3 Å². The van der Waals surface area contributed by atoms with Crippen LogP contribution in [0.3, 0.4) is 0 Å². The van der Waals surface area contributed by atoms with Crippen molar-refractivity contribution in [1.82, 2.24) is 9.97 Å². The Hall–Kier alpha value is -0.640. The standard InChI is InChI=1S/C8H4Cl2N2S/c9-7-2-1-6(13-7)5-3-4-11-8(10)12-5/h1-4H. The van der Waals surface area contributed by atoms with Crippen LogP contribution < -0.4 is 0 Å². The molecule has 2 aromatic heterocycles. The number of nitrogens with zero attached hydrogens (tertiary/aromatic N) is 2. The molecule has 2 heterocycles. The first-order chi connectivity index (χ1) is 6.25. The number of hydrogen-bond donors (Lipinski definition) is 0. The Kier molecular flexibility index (Phi) is 2.49. The molecular formula is C8H4Cl2N2S. The zero-order chi connectivity index (χ0) is 9.26. The zero-order valence-corrected chi connectivity index (χ0v) is 8.70. The zero-order valence-electron chi connectivity index (χ0n) is 6.37. The van der Waals surface area contributed by atoms with Crippen LogP contribution in [0.25, 0.3) is 10.6 Å². The van der Waals surface area contributed by atoms with E-state index < -0.39 is 0 Å². The van der Waals surface area contributed by atoms with Crippen molar-refractivity contribution in [2.45, 2.75) is 0 Å². The second-order valence-corrected chi connectivity index (χ2v) is 4.37. The lowest BCUT2D eigenvalue weighted by Crippen LogP contribution is -1.83. The molecule has 5 heteroatoms. The summed E-state index contributed by atoms with van der Waals surface area (Å²) in [5.41, 5.74) is 0.803. The van der Waals surface area contributed by atoms with Crippen molar-refractivity contribution in [3.05, 3.63) is 34.0 Å². The fraction of sp³-hybridized carbons (Fsp3) is 0. The molecule has 0 bridgehead atoms. The smallest absolute Gasteiger partial charge is 0.222 e. The number of halogens is 2. The van der Waals surface area contributed by atoms with Gasteiger partial charge in [-0.05, 0) is 29.8 Å². The van der Waals surface area contributed by atoms with E-state index in [1.807, 2.05) is 12.1 Å². The lowest BCUT2D eigenvalue weighted by atomic mass is 10.3. The van der Waals surface area contributed by atoms with Gasteiger partial charge in [-0.3, -0.25) is 0 Å². The van der Waals surface area contributed by atoms with Crippen molar-refractivity contribution in [3.63, 3.8) is 0 Å². The highest BCUT2D eigenvalue weighted by atomic mass is 35.5. The Morgan fingerprint density at radius 3 is 2.62 bits per heavy atom. The predicted octanol–water partition coefficient (Wildman–Crippen LogP) is 3.51. The molecule has 0 unspecified atom stereocenters. The van der Waals surface area contributed by atoms with Crippen molar-refractivity contribution in [2.75, 3.05) is 0 Å². The van der Waals surface area contributed by atoms with E-state index in [4.69, 9.17) is 23.2 Å². The summed E-state index contributed by atoms with van der Waals surface area (Å²) in [7, 11) is 0. The third kappa shape index (κ3) is 1.99. The predicted molar refractivity (Wildman–Crippen MR) is 55.4 cm³/mol. The maximum absolute atomic E-state index is 5.79. The minimum Gasteiger partial charge on any atom is -0.226 e. The molecule has 0 atom stereocenters. The number of hydrogen-bond acceptors (Lipinski definition) is 3. The fourth-order valence-corrected chi connectivity index (χ4v) is 2.08. The van der Waals surface area contributed by atoms with E-state index in [1.165, 1.54) is 11.3 Å². The largest absolute Gasteiger partial charge is 0.226 e. The van der Waals surface area contributed by atoms with Crippen LogP contribution in [0.5, 0.6) is 0 Å². The van der Waals surface area contributed by atoms with Gasteiger partial charge in [0.15, 0.2) is 0 Å². The van der Waals surface area contributed by atoms with Crippen molar-refractivity contribution in [3.8, 4) is 10.6 Å². The van der Waals surface area contributed by atoms with Gasteiger partial charge >= 0.3 is 0 Å². The monoisotopic (exact) mass is 230 g/mol. The molecule has 0 fully saturated rings. The van der Waals surface area contributed by atoms with Gasteiger partial charge in [-0.1, -0.05) is 11.6 Å². The van der Waals surface area contributed by atoms with E-state index in [0.717, 1.165) is 14.9 Å². The van der Waals surface area contributed by atoms with Crippen LogP contribution in [0.4, 0.5) is 0 Å². The van der Waals surface area contributed by atoms with Crippen molar-refractivity contribution in [1.29, 1.82) is 0 Å². The van der Waals surface area contributed by atoms with Gasteiger partial charge in [0.1, 0.15) is 0 Å².